The van der Waals surface area contributed by atoms with Crippen LogP contribution in [0.15, 0.2) is 103 Å². The Bertz CT molecular complexity index is 2130. The van der Waals surface area contributed by atoms with Gasteiger partial charge in [-0.2, -0.15) is 5.26 Å². The van der Waals surface area contributed by atoms with Crippen molar-refractivity contribution in [2.45, 2.75) is 52.2 Å². The number of nitriles is 1. The quantitative estimate of drug-likeness (QED) is 0.0981. The van der Waals surface area contributed by atoms with E-state index in [1.807, 2.05) is 54.6 Å². The van der Waals surface area contributed by atoms with Gasteiger partial charge < -0.3 is 9.84 Å². The van der Waals surface area contributed by atoms with E-state index >= 15 is 0 Å². The van der Waals surface area contributed by atoms with Crippen molar-refractivity contribution in [2.75, 3.05) is 39.8 Å². The zero-order valence-electron chi connectivity index (χ0n) is 31.6. The Hall–Kier alpha value is -5.78. The van der Waals surface area contributed by atoms with Crippen molar-refractivity contribution in [1.82, 2.24) is 29.6 Å². The molecule has 6 rings (SSSR count). The van der Waals surface area contributed by atoms with E-state index in [0.717, 1.165) is 45.9 Å². The monoisotopic (exact) mass is 758 g/mol. The van der Waals surface area contributed by atoms with E-state index in [4.69, 9.17) is 14.7 Å². The second kappa shape index (κ2) is 19.7. The van der Waals surface area contributed by atoms with Crippen molar-refractivity contribution in [3.63, 3.8) is 0 Å². The lowest BCUT2D eigenvalue weighted by atomic mass is 10.1. The summed E-state index contributed by atoms with van der Waals surface area (Å²) in [6.45, 7) is 6.16. The van der Waals surface area contributed by atoms with Crippen LogP contribution in [0.1, 0.15) is 45.9 Å². The van der Waals surface area contributed by atoms with Gasteiger partial charge in [0.05, 0.1) is 47.4 Å². The van der Waals surface area contributed by atoms with Gasteiger partial charge in [0.15, 0.2) is 0 Å². The van der Waals surface area contributed by atoms with Crippen molar-refractivity contribution in [1.29, 1.82) is 5.26 Å². The Morgan fingerprint density at radius 1 is 0.732 bits per heavy atom. The highest BCUT2D eigenvalue weighted by Crippen LogP contribution is 2.25. The van der Waals surface area contributed by atoms with E-state index in [1.54, 1.807) is 43.5 Å². The van der Waals surface area contributed by atoms with Gasteiger partial charge in [-0.25, -0.2) is 4.39 Å². The molecule has 0 atom stereocenters. The molecule has 2 aromatic heterocycles. The summed E-state index contributed by atoms with van der Waals surface area (Å²) < 4.78 is 19.7. The van der Waals surface area contributed by atoms with Gasteiger partial charge in [-0.05, 0) is 78.7 Å². The Balaban J connectivity index is 1.34. The van der Waals surface area contributed by atoms with Gasteiger partial charge in [0.25, 0.3) is 5.69 Å². The summed E-state index contributed by atoms with van der Waals surface area (Å²) in [7, 11) is 1.60. The standard InChI is InChI=1S/C43H47FN8O4/c1-56-42-15-16-43(53)35(25-42)28-49-19-6-18-48(20-17-45)29-37-10-4-12-39(46-37)31-51(27-33-7-2-9-36(44)23-33)32-40-13-5-11-38(47-40)30-50(22-21-49)26-34-8-3-14-41(24-34)52(54)55/h2-5,7-16,23-25,53H,6,18-22,26-32H2,1H3. The maximum absolute atomic E-state index is 14.3. The van der Waals surface area contributed by atoms with Gasteiger partial charge in [-0.1, -0.05) is 36.4 Å². The van der Waals surface area contributed by atoms with E-state index < -0.39 is 0 Å². The van der Waals surface area contributed by atoms with Crippen molar-refractivity contribution in [3.05, 3.63) is 159 Å². The molecule has 4 bridgehead atoms. The number of nitro benzene ring substituents is 1. The van der Waals surface area contributed by atoms with Gasteiger partial charge in [0, 0.05) is 83.1 Å². The Kier molecular flexibility index (Phi) is 14.0. The third kappa shape index (κ3) is 11.9. The number of nitrogens with zero attached hydrogens (tertiary/aromatic N) is 8. The third-order valence-electron chi connectivity index (χ3n) is 9.75. The first-order chi connectivity index (χ1) is 27.2. The van der Waals surface area contributed by atoms with Crippen molar-refractivity contribution < 1.29 is 19.2 Å². The summed E-state index contributed by atoms with van der Waals surface area (Å²) in [6, 6.07) is 32.8. The topological polar surface area (TPSA) is 135 Å². The highest BCUT2D eigenvalue weighted by molar-refractivity contribution is 5.39. The van der Waals surface area contributed by atoms with Gasteiger partial charge in [0.2, 0.25) is 0 Å². The molecule has 56 heavy (non-hydrogen) atoms. The number of phenolic OH excluding ortho intramolecular Hbond substituents is 1. The molecule has 13 heteroatoms. The van der Waals surface area contributed by atoms with E-state index in [1.165, 1.54) is 12.1 Å². The zero-order valence-corrected chi connectivity index (χ0v) is 31.6. The Labute approximate surface area is 327 Å². The lowest BCUT2D eigenvalue weighted by Gasteiger charge is -2.29. The number of rotatable bonds is 9. The van der Waals surface area contributed by atoms with Crippen molar-refractivity contribution in [2.24, 2.45) is 0 Å². The summed E-state index contributed by atoms with van der Waals surface area (Å²) in [5.41, 5.74) is 5.84. The van der Waals surface area contributed by atoms with E-state index in [9.17, 15) is 24.9 Å². The number of halogens is 1. The first kappa shape index (κ1) is 39.9. The number of ether oxygens (including phenoxy) is 1. The summed E-state index contributed by atoms with van der Waals surface area (Å²) in [6.07, 6.45) is 0.752. The van der Waals surface area contributed by atoms with E-state index in [2.05, 4.69) is 25.7 Å². The molecule has 0 aliphatic carbocycles. The summed E-state index contributed by atoms with van der Waals surface area (Å²) in [5.74, 6) is 0.539. The van der Waals surface area contributed by atoms with Crippen LogP contribution in [0.5, 0.6) is 11.5 Å². The van der Waals surface area contributed by atoms with Crippen LogP contribution in [0.2, 0.25) is 0 Å². The summed E-state index contributed by atoms with van der Waals surface area (Å²) in [4.78, 5) is 30.2. The molecule has 290 valence electrons. The zero-order chi connectivity index (χ0) is 39.3. The minimum Gasteiger partial charge on any atom is -0.508 e. The number of phenols is 1. The summed E-state index contributed by atoms with van der Waals surface area (Å²) >= 11 is 0. The molecule has 1 aliphatic rings. The fraction of sp³-hybridized carbons (Fsp3) is 0.326. The van der Waals surface area contributed by atoms with Gasteiger partial charge >= 0.3 is 0 Å². The highest BCUT2D eigenvalue weighted by atomic mass is 19.1. The van der Waals surface area contributed by atoms with Crippen LogP contribution < -0.4 is 4.74 Å². The molecule has 0 amide bonds. The second-order valence-corrected chi connectivity index (χ2v) is 14.1. The highest BCUT2D eigenvalue weighted by Gasteiger charge is 2.18. The van der Waals surface area contributed by atoms with Crippen LogP contribution in [0.25, 0.3) is 0 Å². The number of hydrogen-bond donors (Lipinski definition) is 1. The molecule has 1 N–H and O–H groups in total. The normalized spacial score (nSPS) is 15.6. The molecular weight excluding hydrogens is 712 g/mol. The number of methoxy groups -OCH3 is 1. The van der Waals surface area contributed by atoms with E-state index in [-0.39, 0.29) is 28.7 Å². The number of pyridine rings is 2. The molecule has 0 radical (unpaired) electrons. The molecule has 1 aliphatic heterocycles. The van der Waals surface area contributed by atoms with Crippen molar-refractivity contribution in [3.8, 4) is 17.6 Å². The number of non-ortho nitro benzene ring substituents is 1. The van der Waals surface area contributed by atoms with Gasteiger partial charge in [0.1, 0.15) is 17.3 Å². The SMILES string of the molecule is COc1ccc(O)c(CN2CCCN(CC#N)Cc3cccc(n3)CN(Cc3cccc(F)c3)Cc3cccc(n3)CN(Cc3cccc([N+](=O)[O-])c3)CC2)c1. The fourth-order valence-electron chi connectivity index (χ4n) is 7.07. The van der Waals surface area contributed by atoms with Gasteiger partial charge in [-0.15, -0.1) is 0 Å². The van der Waals surface area contributed by atoms with E-state index in [0.29, 0.717) is 77.7 Å². The van der Waals surface area contributed by atoms with Crippen LogP contribution in [-0.4, -0.2) is 79.4 Å². The molecular formula is C43H47FN8O4. The summed E-state index contributed by atoms with van der Waals surface area (Å²) in [5, 5.41) is 32.2. The number of aromatic nitrogens is 2. The average molecular weight is 759 g/mol. The fourth-order valence-corrected chi connectivity index (χ4v) is 7.07. The molecule has 3 aromatic carbocycles. The maximum atomic E-state index is 14.3. The van der Waals surface area contributed by atoms with Crippen LogP contribution in [-0.2, 0) is 45.8 Å². The minimum absolute atomic E-state index is 0.0371. The molecule has 0 saturated heterocycles. The molecule has 0 fully saturated rings. The number of benzene rings is 3. The van der Waals surface area contributed by atoms with Gasteiger partial charge in [-0.3, -0.25) is 39.7 Å². The van der Waals surface area contributed by atoms with Crippen LogP contribution in [0.3, 0.4) is 0 Å². The third-order valence-corrected chi connectivity index (χ3v) is 9.75. The molecule has 0 saturated carbocycles. The second-order valence-electron chi connectivity index (χ2n) is 14.1. The number of nitro groups is 1. The lowest BCUT2D eigenvalue weighted by molar-refractivity contribution is -0.384. The predicted octanol–water partition coefficient (Wildman–Crippen LogP) is 6.67. The molecule has 3 heterocycles. The van der Waals surface area contributed by atoms with Crippen molar-refractivity contribution >= 4 is 5.69 Å². The van der Waals surface area contributed by atoms with Crippen LogP contribution in [0, 0.1) is 27.3 Å². The first-order valence-corrected chi connectivity index (χ1v) is 18.7. The predicted molar refractivity (Wildman–Crippen MR) is 210 cm³/mol. The maximum Gasteiger partial charge on any atom is 0.269 e. The molecule has 5 aromatic rings. The number of aromatic hydroxyl groups is 1. The first-order valence-electron chi connectivity index (χ1n) is 18.7. The number of hydrogen-bond acceptors (Lipinski definition) is 11. The number of fused-ring (bicyclic) bond motifs is 4. The minimum atomic E-state index is -0.380. The average Bonchev–Trinajstić information content (AvgIpc) is 3.17. The molecule has 0 spiro atoms. The Morgan fingerprint density at radius 2 is 1.30 bits per heavy atom. The lowest BCUT2D eigenvalue weighted by Crippen LogP contribution is -2.36. The molecule has 12 nitrogen and oxygen atoms in total. The molecule has 0 unspecified atom stereocenters. The smallest absolute Gasteiger partial charge is 0.269 e. The van der Waals surface area contributed by atoms with Crippen LogP contribution in [0.4, 0.5) is 10.1 Å². The largest absolute Gasteiger partial charge is 0.508 e. The Morgan fingerprint density at radius 3 is 1.95 bits per heavy atom. The van der Waals surface area contributed by atoms with Crippen LogP contribution >= 0.6 is 0 Å².